The van der Waals surface area contributed by atoms with Gasteiger partial charge < -0.3 is 15.4 Å². The number of fused-ring (bicyclic) bond motifs is 1. The highest BCUT2D eigenvalue weighted by atomic mass is 16.4. The molecule has 0 unspecified atom stereocenters. The van der Waals surface area contributed by atoms with Crippen LogP contribution in [0.5, 0.6) is 0 Å². The first kappa shape index (κ1) is 13.9. The van der Waals surface area contributed by atoms with Gasteiger partial charge in [-0.15, -0.1) is 6.58 Å². The van der Waals surface area contributed by atoms with Gasteiger partial charge >= 0.3 is 5.97 Å². The number of H-pyrrole nitrogens is 1. The average molecular weight is 272 g/mol. The summed E-state index contributed by atoms with van der Waals surface area (Å²) in [6.45, 7) is 3.46. The van der Waals surface area contributed by atoms with Crippen molar-refractivity contribution < 1.29 is 14.7 Å². The molecule has 1 aromatic carbocycles. The minimum Gasteiger partial charge on any atom is -0.480 e. The summed E-state index contributed by atoms with van der Waals surface area (Å²) in [5, 5.41) is 12.7. The van der Waals surface area contributed by atoms with E-state index in [-0.39, 0.29) is 18.7 Å². The molecule has 5 nitrogen and oxygen atoms in total. The second-order valence-electron chi connectivity index (χ2n) is 4.51. The summed E-state index contributed by atoms with van der Waals surface area (Å²) < 4.78 is 0. The van der Waals surface area contributed by atoms with Gasteiger partial charge in [0.05, 0.1) is 0 Å². The minimum atomic E-state index is -1.05. The number of hydrogen-bond acceptors (Lipinski definition) is 2. The number of benzene rings is 1. The number of aromatic nitrogens is 1. The van der Waals surface area contributed by atoms with Crippen LogP contribution in [0.3, 0.4) is 0 Å². The van der Waals surface area contributed by atoms with Crippen molar-refractivity contribution in [3.05, 3.63) is 48.7 Å². The average Bonchev–Trinajstić information content (AvgIpc) is 2.82. The van der Waals surface area contributed by atoms with Crippen molar-refractivity contribution >= 4 is 22.8 Å². The van der Waals surface area contributed by atoms with Gasteiger partial charge in [-0.05, 0) is 11.6 Å². The van der Waals surface area contributed by atoms with E-state index in [9.17, 15) is 14.7 Å². The van der Waals surface area contributed by atoms with Crippen LogP contribution in [-0.4, -0.2) is 28.0 Å². The van der Waals surface area contributed by atoms with Gasteiger partial charge in [-0.25, -0.2) is 4.79 Å². The van der Waals surface area contributed by atoms with Crippen LogP contribution in [0, 0.1) is 0 Å². The predicted octanol–water partition coefficient (Wildman–Crippen LogP) is 1.86. The third kappa shape index (κ3) is 3.06. The van der Waals surface area contributed by atoms with Gasteiger partial charge in [-0.2, -0.15) is 0 Å². The Labute approximate surface area is 116 Å². The molecule has 2 rings (SSSR count). The third-order valence-corrected chi connectivity index (χ3v) is 3.06. The number of hydrogen-bond donors (Lipinski definition) is 3. The first-order valence-corrected chi connectivity index (χ1v) is 6.30. The molecule has 1 heterocycles. The molecular formula is C15H16N2O3. The van der Waals surface area contributed by atoms with Crippen molar-refractivity contribution in [1.29, 1.82) is 0 Å². The molecular weight excluding hydrogens is 256 g/mol. The maximum absolute atomic E-state index is 11.5. The molecule has 0 fully saturated rings. The van der Waals surface area contributed by atoms with Crippen molar-refractivity contribution in [2.45, 2.75) is 18.9 Å². The van der Waals surface area contributed by atoms with Crippen LogP contribution in [0.25, 0.3) is 10.9 Å². The summed E-state index contributed by atoms with van der Waals surface area (Å²) >= 11 is 0. The Bertz CT molecular complexity index is 645. The second kappa shape index (κ2) is 6.06. The fraction of sp³-hybridized carbons (Fsp3) is 0.200. The molecule has 104 valence electrons. The lowest BCUT2D eigenvalue weighted by atomic mass is 10.0. The Morgan fingerprint density at radius 2 is 2.15 bits per heavy atom. The number of aliphatic carboxylic acids is 1. The third-order valence-electron chi connectivity index (χ3n) is 3.06. The number of rotatable bonds is 6. The van der Waals surface area contributed by atoms with Gasteiger partial charge in [0.2, 0.25) is 5.91 Å². The van der Waals surface area contributed by atoms with Crippen LogP contribution in [0.15, 0.2) is 43.1 Å². The Morgan fingerprint density at radius 1 is 1.40 bits per heavy atom. The molecule has 1 aromatic heterocycles. The quantitative estimate of drug-likeness (QED) is 0.702. The highest BCUT2D eigenvalue weighted by molar-refractivity contribution is 5.87. The molecule has 5 heteroatoms. The Morgan fingerprint density at radius 3 is 2.85 bits per heavy atom. The van der Waals surface area contributed by atoms with Gasteiger partial charge in [-0.1, -0.05) is 24.3 Å². The zero-order valence-electron chi connectivity index (χ0n) is 10.9. The van der Waals surface area contributed by atoms with E-state index in [1.165, 1.54) is 6.08 Å². The van der Waals surface area contributed by atoms with E-state index in [0.717, 1.165) is 16.5 Å². The molecule has 0 aliphatic carbocycles. The van der Waals surface area contributed by atoms with E-state index in [1.54, 1.807) is 6.20 Å². The predicted molar refractivity (Wildman–Crippen MR) is 76.4 cm³/mol. The first-order chi connectivity index (χ1) is 9.61. The number of amides is 1. The summed E-state index contributed by atoms with van der Waals surface area (Å²) in [6, 6.07) is 6.70. The van der Waals surface area contributed by atoms with E-state index < -0.39 is 12.0 Å². The standard InChI is InChI=1S/C15H16N2O3/c1-2-5-14(18)17-13(15(19)20)8-10-9-16-12-7-4-3-6-11(10)12/h2-4,6-7,9,13,16H,1,5,8H2,(H,17,18)(H,19,20)/t13-/m0/s1. The lowest BCUT2D eigenvalue weighted by Gasteiger charge is -2.13. The van der Waals surface area contributed by atoms with Crippen molar-refractivity contribution in [1.82, 2.24) is 10.3 Å². The summed E-state index contributed by atoms with van der Waals surface area (Å²) in [7, 11) is 0. The minimum absolute atomic E-state index is 0.109. The molecule has 3 N–H and O–H groups in total. The van der Waals surface area contributed by atoms with Gasteiger partial charge in [0.1, 0.15) is 6.04 Å². The van der Waals surface area contributed by atoms with Crippen LogP contribution >= 0.6 is 0 Å². The van der Waals surface area contributed by atoms with Crippen molar-refractivity contribution in [3.8, 4) is 0 Å². The first-order valence-electron chi connectivity index (χ1n) is 6.30. The Hall–Kier alpha value is -2.56. The van der Waals surface area contributed by atoms with E-state index >= 15 is 0 Å². The Kier molecular flexibility index (Phi) is 4.20. The molecule has 20 heavy (non-hydrogen) atoms. The number of carbonyl (C=O) groups is 2. The van der Waals surface area contributed by atoms with Gasteiger partial charge in [0.25, 0.3) is 0 Å². The summed E-state index contributed by atoms with van der Waals surface area (Å²) in [5.74, 6) is -1.39. The second-order valence-corrected chi connectivity index (χ2v) is 4.51. The molecule has 0 aliphatic heterocycles. The number of para-hydroxylation sites is 1. The molecule has 0 spiro atoms. The normalized spacial score (nSPS) is 12.0. The molecule has 2 aromatic rings. The zero-order chi connectivity index (χ0) is 14.5. The highest BCUT2D eigenvalue weighted by Crippen LogP contribution is 2.19. The molecule has 0 aliphatic rings. The van der Waals surface area contributed by atoms with Crippen LogP contribution in [0.2, 0.25) is 0 Å². The molecule has 0 saturated carbocycles. The molecule has 0 saturated heterocycles. The van der Waals surface area contributed by atoms with Crippen molar-refractivity contribution in [3.63, 3.8) is 0 Å². The largest absolute Gasteiger partial charge is 0.480 e. The van der Waals surface area contributed by atoms with E-state index in [4.69, 9.17) is 0 Å². The fourth-order valence-electron chi connectivity index (χ4n) is 2.10. The van der Waals surface area contributed by atoms with E-state index in [1.807, 2.05) is 24.3 Å². The monoisotopic (exact) mass is 272 g/mol. The van der Waals surface area contributed by atoms with Crippen LogP contribution in [0.4, 0.5) is 0 Å². The van der Waals surface area contributed by atoms with Crippen molar-refractivity contribution in [2.75, 3.05) is 0 Å². The number of aromatic amines is 1. The Balaban J connectivity index is 2.17. The van der Waals surface area contributed by atoms with E-state index in [2.05, 4.69) is 16.9 Å². The van der Waals surface area contributed by atoms with Crippen LogP contribution in [-0.2, 0) is 16.0 Å². The fourth-order valence-corrected chi connectivity index (χ4v) is 2.10. The number of carbonyl (C=O) groups excluding carboxylic acids is 1. The SMILES string of the molecule is C=CCC(=O)N[C@@H](Cc1c[nH]c2ccccc12)C(=O)O. The van der Waals surface area contributed by atoms with Gasteiger partial charge in [0.15, 0.2) is 0 Å². The molecule has 0 bridgehead atoms. The maximum Gasteiger partial charge on any atom is 0.326 e. The summed E-state index contributed by atoms with van der Waals surface area (Å²) in [6.07, 6.45) is 3.57. The number of carboxylic acid groups (broad SMARTS) is 1. The summed E-state index contributed by atoms with van der Waals surface area (Å²) in [5.41, 5.74) is 1.82. The lowest BCUT2D eigenvalue weighted by molar-refractivity contribution is -0.141. The summed E-state index contributed by atoms with van der Waals surface area (Å²) in [4.78, 5) is 25.8. The highest BCUT2D eigenvalue weighted by Gasteiger charge is 2.21. The lowest BCUT2D eigenvalue weighted by Crippen LogP contribution is -2.42. The number of carboxylic acids is 1. The van der Waals surface area contributed by atoms with Crippen LogP contribution in [0.1, 0.15) is 12.0 Å². The molecule has 1 atom stereocenters. The smallest absolute Gasteiger partial charge is 0.326 e. The van der Waals surface area contributed by atoms with E-state index in [0.29, 0.717) is 0 Å². The van der Waals surface area contributed by atoms with Crippen LogP contribution < -0.4 is 5.32 Å². The zero-order valence-corrected chi connectivity index (χ0v) is 10.9. The topological polar surface area (TPSA) is 82.2 Å². The maximum atomic E-state index is 11.5. The van der Waals surface area contributed by atoms with Gasteiger partial charge in [0, 0.05) is 29.9 Å². The molecule has 1 amide bonds. The number of nitrogens with one attached hydrogen (secondary N) is 2. The van der Waals surface area contributed by atoms with Crippen molar-refractivity contribution in [2.24, 2.45) is 0 Å². The molecule has 0 radical (unpaired) electrons. The van der Waals surface area contributed by atoms with Gasteiger partial charge in [-0.3, -0.25) is 4.79 Å².